The van der Waals surface area contributed by atoms with Gasteiger partial charge in [-0.3, -0.25) is 4.79 Å². The molecule has 0 fully saturated rings. The Morgan fingerprint density at radius 3 is 2.50 bits per heavy atom. The summed E-state index contributed by atoms with van der Waals surface area (Å²) in [6.45, 7) is 0. The van der Waals surface area contributed by atoms with Gasteiger partial charge in [0.2, 0.25) is 5.91 Å². The van der Waals surface area contributed by atoms with Gasteiger partial charge in [-0.2, -0.15) is 0 Å². The van der Waals surface area contributed by atoms with Gasteiger partial charge in [-0.05, 0) is 17.0 Å². The summed E-state index contributed by atoms with van der Waals surface area (Å²) in [5.74, 6) is -1.29. The van der Waals surface area contributed by atoms with E-state index in [2.05, 4.69) is 5.32 Å². The summed E-state index contributed by atoms with van der Waals surface area (Å²) in [5, 5.41) is 13.7. The predicted octanol–water partition coefficient (Wildman–Crippen LogP) is 2.10. The lowest BCUT2D eigenvalue weighted by molar-refractivity contribution is -0.141. The highest BCUT2D eigenvalue weighted by molar-refractivity contribution is 7.10. The SMILES string of the molecule is O=C(Cc1cccs1)NC(Cc1ccccc1)C(=O)O. The standard InChI is InChI=1S/C15H15NO3S/c17-14(10-12-7-4-8-20-12)16-13(15(18)19)9-11-5-2-1-3-6-11/h1-8,13H,9-10H2,(H,16,17)(H,18,19). The number of aliphatic carboxylic acids is 1. The van der Waals surface area contributed by atoms with Gasteiger partial charge in [0, 0.05) is 11.3 Å². The van der Waals surface area contributed by atoms with Gasteiger partial charge in [-0.15, -0.1) is 11.3 Å². The molecule has 0 aliphatic carbocycles. The Labute approximate surface area is 121 Å². The van der Waals surface area contributed by atoms with E-state index in [1.54, 1.807) is 0 Å². The Morgan fingerprint density at radius 1 is 1.15 bits per heavy atom. The van der Waals surface area contributed by atoms with E-state index in [1.807, 2.05) is 47.8 Å². The van der Waals surface area contributed by atoms with Crippen LogP contribution in [0.4, 0.5) is 0 Å². The second kappa shape index (κ2) is 6.86. The van der Waals surface area contributed by atoms with Crippen LogP contribution in [-0.4, -0.2) is 23.0 Å². The number of benzene rings is 1. The van der Waals surface area contributed by atoms with E-state index in [1.165, 1.54) is 11.3 Å². The van der Waals surface area contributed by atoms with E-state index >= 15 is 0 Å². The molecule has 104 valence electrons. The summed E-state index contributed by atoms with van der Waals surface area (Å²) in [7, 11) is 0. The molecule has 0 radical (unpaired) electrons. The molecule has 0 saturated carbocycles. The third-order valence-corrected chi connectivity index (χ3v) is 3.71. The minimum Gasteiger partial charge on any atom is -0.480 e. The van der Waals surface area contributed by atoms with E-state index in [-0.39, 0.29) is 18.7 Å². The van der Waals surface area contributed by atoms with Crippen LogP contribution in [0, 0.1) is 0 Å². The molecule has 0 saturated heterocycles. The van der Waals surface area contributed by atoms with Gasteiger partial charge < -0.3 is 10.4 Å². The molecule has 1 atom stereocenters. The first-order chi connectivity index (χ1) is 9.65. The summed E-state index contributed by atoms with van der Waals surface area (Å²) in [5.41, 5.74) is 0.885. The van der Waals surface area contributed by atoms with Crippen molar-refractivity contribution in [1.29, 1.82) is 0 Å². The lowest BCUT2D eigenvalue weighted by Gasteiger charge is -2.14. The fourth-order valence-electron chi connectivity index (χ4n) is 1.87. The van der Waals surface area contributed by atoms with Crippen LogP contribution in [0.1, 0.15) is 10.4 Å². The maximum Gasteiger partial charge on any atom is 0.326 e. The van der Waals surface area contributed by atoms with Crippen molar-refractivity contribution in [3.8, 4) is 0 Å². The third kappa shape index (κ3) is 4.20. The molecule has 1 amide bonds. The molecule has 0 bridgehead atoms. The van der Waals surface area contributed by atoms with E-state index < -0.39 is 12.0 Å². The van der Waals surface area contributed by atoms with Crippen molar-refractivity contribution in [3.05, 3.63) is 58.3 Å². The Morgan fingerprint density at radius 2 is 1.90 bits per heavy atom. The van der Waals surface area contributed by atoms with Crippen molar-refractivity contribution in [1.82, 2.24) is 5.32 Å². The van der Waals surface area contributed by atoms with Crippen LogP contribution in [-0.2, 0) is 22.4 Å². The summed E-state index contributed by atoms with van der Waals surface area (Å²) < 4.78 is 0. The largest absolute Gasteiger partial charge is 0.480 e. The van der Waals surface area contributed by atoms with Gasteiger partial charge in [0.25, 0.3) is 0 Å². The average Bonchev–Trinajstić information content (AvgIpc) is 2.92. The van der Waals surface area contributed by atoms with Gasteiger partial charge in [0.1, 0.15) is 6.04 Å². The minimum atomic E-state index is -1.02. The quantitative estimate of drug-likeness (QED) is 0.856. The summed E-state index contributed by atoms with van der Waals surface area (Å²) in [6.07, 6.45) is 0.503. The molecule has 0 aliphatic heterocycles. The average molecular weight is 289 g/mol. The molecule has 2 N–H and O–H groups in total. The zero-order valence-corrected chi connectivity index (χ0v) is 11.6. The molecule has 1 aromatic carbocycles. The molecule has 1 unspecified atom stereocenters. The topological polar surface area (TPSA) is 66.4 Å². The highest BCUT2D eigenvalue weighted by atomic mass is 32.1. The van der Waals surface area contributed by atoms with Crippen LogP contribution in [0.2, 0.25) is 0 Å². The van der Waals surface area contributed by atoms with Gasteiger partial charge in [-0.25, -0.2) is 4.79 Å². The van der Waals surface area contributed by atoms with Crippen molar-refractivity contribution < 1.29 is 14.7 Å². The Hall–Kier alpha value is -2.14. The van der Waals surface area contributed by atoms with Gasteiger partial charge in [0.15, 0.2) is 0 Å². The second-order valence-corrected chi connectivity index (χ2v) is 5.44. The maximum atomic E-state index is 11.8. The first-order valence-corrected chi connectivity index (χ1v) is 7.11. The first kappa shape index (κ1) is 14.3. The van der Waals surface area contributed by atoms with Crippen LogP contribution in [0.3, 0.4) is 0 Å². The lowest BCUT2D eigenvalue weighted by Crippen LogP contribution is -2.42. The normalized spacial score (nSPS) is 11.8. The van der Waals surface area contributed by atoms with E-state index in [9.17, 15) is 14.7 Å². The molecular formula is C15H15NO3S. The molecule has 5 heteroatoms. The van der Waals surface area contributed by atoms with E-state index in [0.717, 1.165) is 10.4 Å². The zero-order chi connectivity index (χ0) is 14.4. The predicted molar refractivity (Wildman–Crippen MR) is 77.7 cm³/mol. The molecule has 20 heavy (non-hydrogen) atoms. The molecular weight excluding hydrogens is 274 g/mol. The number of thiophene rings is 1. The van der Waals surface area contributed by atoms with Crippen molar-refractivity contribution in [2.75, 3.05) is 0 Å². The fourth-order valence-corrected chi connectivity index (χ4v) is 2.57. The van der Waals surface area contributed by atoms with E-state index in [0.29, 0.717) is 0 Å². The Bertz CT molecular complexity index is 566. The molecule has 2 rings (SSSR count). The number of amides is 1. The maximum absolute atomic E-state index is 11.8. The lowest BCUT2D eigenvalue weighted by atomic mass is 10.1. The van der Waals surface area contributed by atoms with Crippen LogP contribution in [0.25, 0.3) is 0 Å². The number of rotatable bonds is 6. The van der Waals surface area contributed by atoms with Gasteiger partial charge in [0.05, 0.1) is 6.42 Å². The van der Waals surface area contributed by atoms with Crippen molar-refractivity contribution in [3.63, 3.8) is 0 Å². The molecule has 0 aliphatic rings. The van der Waals surface area contributed by atoms with E-state index in [4.69, 9.17) is 0 Å². The first-order valence-electron chi connectivity index (χ1n) is 6.23. The number of nitrogens with one attached hydrogen (secondary N) is 1. The number of carbonyl (C=O) groups is 2. The van der Waals surface area contributed by atoms with Crippen molar-refractivity contribution in [2.45, 2.75) is 18.9 Å². The smallest absolute Gasteiger partial charge is 0.326 e. The monoisotopic (exact) mass is 289 g/mol. The zero-order valence-electron chi connectivity index (χ0n) is 10.8. The highest BCUT2D eigenvalue weighted by Crippen LogP contribution is 2.09. The Balaban J connectivity index is 1.95. The molecule has 2 aromatic rings. The highest BCUT2D eigenvalue weighted by Gasteiger charge is 2.20. The molecule has 1 heterocycles. The number of hydrogen-bond acceptors (Lipinski definition) is 3. The summed E-state index contributed by atoms with van der Waals surface area (Å²) in [4.78, 5) is 24.0. The number of carboxylic acid groups (broad SMARTS) is 1. The number of carboxylic acids is 1. The fraction of sp³-hybridized carbons (Fsp3) is 0.200. The second-order valence-electron chi connectivity index (χ2n) is 4.40. The van der Waals surface area contributed by atoms with Gasteiger partial charge in [-0.1, -0.05) is 36.4 Å². The number of hydrogen-bond donors (Lipinski definition) is 2. The molecule has 1 aromatic heterocycles. The number of carbonyl (C=O) groups excluding carboxylic acids is 1. The van der Waals surface area contributed by atoms with Crippen LogP contribution >= 0.6 is 11.3 Å². The van der Waals surface area contributed by atoms with Crippen LogP contribution < -0.4 is 5.32 Å². The summed E-state index contributed by atoms with van der Waals surface area (Å²) >= 11 is 1.48. The molecule has 0 spiro atoms. The molecule has 4 nitrogen and oxygen atoms in total. The van der Waals surface area contributed by atoms with Crippen molar-refractivity contribution in [2.24, 2.45) is 0 Å². The Kier molecular flexibility index (Phi) is 4.90. The van der Waals surface area contributed by atoms with Crippen LogP contribution in [0.15, 0.2) is 47.8 Å². The van der Waals surface area contributed by atoms with Crippen molar-refractivity contribution >= 4 is 23.2 Å². The van der Waals surface area contributed by atoms with Gasteiger partial charge >= 0.3 is 5.97 Å². The van der Waals surface area contributed by atoms with Crippen LogP contribution in [0.5, 0.6) is 0 Å². The minimum absolute atomic E-state index is 0.218. The summed E-state index contributed by atoms with van der Waals surface area (Å²) in [6, 6.07) is 12.1. The third-order valence-electron chi connectivity index (χ3n) is 2.83.